The first kappa shape index (κ1) is 26.7. The van der Waals surface area contributed by atoms with Gasteiger partial charge in [-0.1, -0.05) is 110 Å². The number of benzene rings is 6. The zero-order chi connectivity index (χ0) is 29.6. The van der Waals surface area contributed by atoms with Gasteiger partial charge in [-0.2, -0.15) is 0 Å². The highest BCUT2D eigenvalue weighted by atomic mass is 35.5. The summed E-state index contributed by atoms with van der Waals surface area (Å²) in [7, 11) is 0. The van der Waals surface area contributed by atoms with Gasteiger partial charge in [0, 0.05) is 51.8 Å². The lowest BCUT2D eigenvalue weighted by molar-refractivity contribution is 0.660. The first-order valence-corrected chi connectivity index (χ1v) is 17.5. The molecule has 0 unspecified atom stereocenters. The molecule has 0 spiro atoms. The van der Waals surface area contributed by atoms with Gasteiger partial charge in [0.05, 0.1) is 15.4 Å². The summed E-state index contributed by atoms with van der Waals surface area (Å²) < 4.78 is 2.37. The van der Waals surface area contributed by atoms with Crippen LogP contribution in [0.1, 0.15) is 25.0 Å². The molecule has 2 aliphatic rings. The van der Waals surface area contributed by atoms with E-state index in [1.54, 1.807) is 11.3 Å². The molecule has 1 nitrogen and oxygen atoms in total. The van der Waals surface area contributed by atoms with Crippen molar-refractivity contribution in [1.82, 2.24) is 0 Å². The number of fused-ring (bicyclic) bond motifs is 8. The molecule has 0 radical (unpaired) electrons. The standard InChI is InChI=1S/C39H26ClNS3/c1-39(2)28-11-5-3-9-25(28)27-21-23(15-17-29(27)39)41(24-16-20-35-36(22-24)43-34-14-8-7-13-33(34)42-35)31-19-18-30(40)38-37(31)26-10-4-6-12-32(26)44-38/h3-22H,1-2H3. The molecule has 0 N–H and O–H groups in total. The van der Waals surface area contributed by atoms with Crippen LogP contribution >= 0.6 is 46.5 Å². The Hall–Kier alpha value is -3.67. The predicted molar refractivity (Wildman–Crippen MR) is 191 cm³/mol. The van der Waals surface area contributed by atoms with Crippen molar-refractivity contribution >= 4 is 83.7 Å². The van der Waals surface area contributed by atoms with E-state index in [-0.39, 0.29) is 5.41 Å². The largest absolute Gasteiger partial charge is 0.310 e. The van der Waals surface area contributed by atoms with E-state index in [1.165, 1.54) is 57.3 Å². The lowest BCUT2D eigenvalue weighted by Gasteiger charge is -2.29. The van der Waals surface area contributed by atoms with Crippen LogP contribution in [0.5, 0.6) is 0 Å². The van der Waals surface area contributed by atoms with Crippen LogP contribution in [0, 0.1) is 0 Å². The molecule has 44 heavy (non-hydrogen) atoms. The molecule has 9 rings (SSSR count). The van der Waals surface area contributed by atoms with Gasteiger partial charge in [0.1, 0.15) is 0 Å². The second-order valence-electron chi connectivity index (χ2n) is 11.9. The molecule has 5 heteroatoms. The SMILES string of the molecule is CC1(C)c2ccccc2-c2cc(N(c3ccc4c(c3)Sc3ccccc3S4)c3ccc(Cl)c4sc5ccccc5c34)ccc21. The summed E-state index contributed by atoms with van der Waals surface area (Å²) in [4.78, 5) is 7.65. The van der Waals surface area contributed by atoms with E-state index in [2.05, 4.69) is 140 Å². The van der Waals surface area contributed by atoms with Gasteiger partial charge in [-0.25, -0.2) is 0 Å². The molecule has 212 valence electrons. The average Bonchev–Trinajstić information content (AvgIpc) is 3.55. The van der Waals surface area contributed by atoms with E-state index in [0.717, 1.165) is 26.8 Å². The monoisotopic (exact) mass is 639 g/mol. The second-order valence-corrected chi connectivity index (χ2v) is 15.5. The Morgan fingerprint density at radius 1 is 0.591 bits per heavy atom. The van der Waals surface area contributed by atoms with Crippen LogP contribution in [0.3, 0.4) is 0 Å². The van der Waals surface area contributed by atoms with Crippen LogP contribution in [-0.2, 0) is 5.41 Å². The predicted octanol–water partition coefficient (Wildman–Crippen LogP) is 13.1. The lowest BCUT2D eigenvalue weighted by atomic mass is 9.82. The second kappa shape index (κ2) is 9.92. The zero-order valence-corrected chi connectivity index (χ0v) is 27.3. The maximum Gasteiger partial charge on any atom is 0.0586 e. The topological polar surface area (TPSA) is 3.24 Å². The maximum atomic E-state index is 6.89. The summed E-state index contributed by atoms with van der Waals surface area (Å²) in [5.41, 5.74) is 8.77. The molecule has 0 saturated carbocycles. The van der Waals surface area contributed by atoms with Gasteiger partial charge in [0.15, 0.2) is 0 Å². The molecule has 2 heterocycles. The summed E-state index contributed by atoms with van der Waals surface area (Å²) in [5, 5.41) is 3.23. The molecule has 1 aromatic heterocycles. The van der Waals surface area contributed by atoms with E-state index < -0.39 is 0 Å². The summed E-state index contributed by atoms with van der Waals surface area (Å²) >= 11 is 12.4. The molecule has 6 aromatic carbocycles. The number of thiophene rings is 1. The van der Waals surface area contributed by atoms with Crippen LogP contribution in [0.4, 0.5) is 17.1 Å². The molecule has 0 bridgehead atoms. The summed E-state index contributed by atoms with van der Waals surface area (Å²) in [6, 6.07) is 44.5. The van der Waals surface area contributed by atoms with Gasteiger partial charge in [-0.05, 0) is 82.9 Å². The molecule has 1 aliphatic carbocycles. The minimum absolute atomic E-state index is 0.0422. The average molecular weight is 640 g/mol. The van der Waals surface area contributed by atoms with Gasteiger partial charge in [-0.15, -0.1) is 11.3 Å². The van der Waals surface area contributed by atoms with E-state index in [1.807, 2.05) is 23.5 Å². The van der Waals surface area contributed by atoms with Crippen LogP contribution in [0.2, 0.25) is 5.02 Å². The van der Waals surface area contributed by atoms with Crippen LogP contribution in [0.15, 0.2) is 141 Å². The number of nitrogens with zero attached hydrogens (tertiary/aromatic N) is 1. The highest BCUT2D eigenvalue weighted by molar-refractivity contribution is 8.05. The Morgan fingerprint density at radius 3 is 2.11 bits per heavy atom. The van der Waals surface area contributed by atoms with Crippen molar-refractivity contribution < 1.29 is 0 Å². The van der Waals surface area contributed by atoms with Gasteiger partial charge in [0.25, 0.3) is 0 Å². The molecular weight excluding hydrogens is 614 g/mol. The number of rotatable bonds is 3. The maximum absolute atomic E-state index is 6.89. The Labute approximate surface area is 274 Å². The van der Waals surface area contributed by atoms with E-state index in [9.17, 15) is 0 Å². The fourth-order valence-corrected chi connectivity index (χ4v) is 10.5. The van der Waals surface area contributed by atoms with Crippen molar-refractivity contribution in [2.75, 3.05) is 4.90 Å². The highest BCUT2D eigenvalue weighted by Crippen LogP contribution is 2.54. The van der Waals surface area contributed by atoms with Crippen LogP contribution in [-0.4, -0.2) is 0 Å². The lowest BCUT2D eigenvalue weighted by Crippen LogP contribution is -2.15. The third kappa shape index (κ3) is 3.95. The quantitative estimate of drug-likeness (QED) is 0.189. The Morgan fingerprint density at radius 2 is 1.25 bits per heavy atom. The van der Waals surface area contributed by atoms with Gasteiger partial charge < -0.3 is 4.90 Å². The fraction of sp³-hybridized carbons (Fsp3) is 0.0769. The zero-order valence-electron chi connectivity index (χ0n) is 24.1. The highest BCUT2D eigenvalue weighted by Gasteiger charge is 2.35. The smallest absolute Gasteiger partial charge is 0.0586 e. The van der Waals surface area contributed by atoms with E-state index in [0.29, 0.717) is 0 Å². The Balaban J connectivity index is 1.30. The van der Waals surface area contributed by atoms with Crippen molar-refractivity contribution in [1.29, 1.82) is 0 Å². The summed E-state index contributed by atoms with van der Waals surface area (Å²) in [6.45, 7) is 4.68. The van der Waals surface area contributed by atoms with Crippen molar-refractivity contribution in [2.24, 2.45) is 0 Å². The van der Waals surface area contributed by atoms with Crippen molar-refractivity contribution in [2.45, 2.75) is 38.8 Å². The Bertz CT molecular complexity index is 2300. The van der Waals surface area contributed by atoms with Gasteiger partial charge in [0.2, 0.25) is 0 Å². The van der Waals surface area contributed by atoms with Crippen molar-refractivity contribution in [3.05, 3.63) is 137 Å². The van der Waals surface area contributed by atoms with E-state index in [4.69, 9.17) is 11.6 Å². The van der Waals surface area contributed by atoms with Gasteiger partial charge >= 0.3 is 0 Å². The molecule has 0 atom stereocenters. The van der Waals surface area contributed by atoms with Crippen LogP contribution in [0.25, 0.3) is 31.3 Å². The molecule has 0 fully saturated rings. The fourth-order valence-electron chi connectivity index (χ4n) is 6.90. The minimum Gasteiger partial charge on any atom is -0.310 e. The molecule has 7 aromatic rings. The summed E-state index contributed by atoms with van der Waals surface area (Å²) in [6.07, 6.45) is 0. The minimum atomic E-state index is -0.0422. The van der Waals surface area contributed by atoms with Crippen molar-refractivity contribution in [3.8, 4) is 11.1 Å². The number of halogens is 1. The molecular formula is C39H26ClNS3. The first-order valence-electron chi connectivity index (χ1n) is 14.7. The van der Waals surface area contributed by atoms with Crippen molar-refractivity contribution in [3.63, 3.8) is 0 Å². The van der Waals surface area contributed by atoms with Crippen LogP contribution < -0.4 is 4.90 Å². The summed E-state index contributed by atoms with van der Waals surface area (Å²) in [5.74, 6) is 0. The number of anilines is 3. The third-order valence-corrected chi connectivity index (χ3v) is 13.2. The molecule has 0 saturated heterocycles. The number of hydrogen-bond acceptors (Lipinski definition) is 4. The third-order valence-electron chi connectivity index (χ3n) is 9.00. The normalized spacial score (nSPS) is 14.2. The first-order chi connectivity index (χ1) is 21.5. The van der Waals surface area contributed by atoms with Gasteiger partial charge in [-0.3, -0.25) is 0 Å². The van der Waals surface area contributed by atoms with E-state index >= 15 is 0 Å². The Kier molecular flexibility index (Phi) is 6.02. The molecule has 1 aliphatic heterocycles. The number of hydrogen-bond donors (Lipinski definition) is 0. The molecule has 0 amide bonds.